The number of carbonyl (C=O) groups is 2. The molecule has 4 fully saturated rings. The highest BCUT2D eigenvalue weighted by Crippen LogP contribution is 2.60. The molecule has 1 amide bonds. The predicted molar refractivity (Wildman–Crippen MR) is 96.5 cm³/mol. The molecule has 1 N–H and O–H groups in total. The van der Waals surface area contributed by atoms with E-state index >= 15 is 0 Å². The van der Waals surface area contributed by atoms with Crippen LogP contribution >= 0.6 is 0 Å². The number of hydrogen-bond acceptors (Lipinski definition) is 4. The monoisotopic (exact) mass is 375 g/mol. The van der Waals surface area contributed by atoms with E-state index < -0.39 is 5.97 Å². The van der Waals surface area contributed by atoms with Gasteiger partial charge in [-0.15, -0.1) is 0 Å². The van der Waals surface area contributed by atoms with Crippen molar-refractivity contribution < 1.29 is 23.5 Å². The molecule has 0 atom stereocenters. The lowest BCUT2D eigenvalue weighted by molar-refractivity contribution is -0.151. The molecule has 0 aliphatic heterocycles. The van der Waals surface area contributed by atoms with Crippen LogP contribution in [0.25, 0.3) is 0 Å². The van der Waals surface area contributed by atoms with Crippen molar-refractivity contribution in [2.75, 3.05) is 19.8 Å². The van der Waals surface area contributed by atoms with Crippen LogP contribution in [0.1, 0.15) is 38.5 Å². The molecule has 0 heterocycles. The van der Waals surface area contributed by atoms with Crippen molar-refractivity contribution in [3.05, 3.63) is 30.1 Å². The lowest BCUT2D eigenvalue weighted by atomic mass is 9.49. The summed E-state index contributed by atoms with van der Waals surface area (Å²) in [5, 5.41) is 2.81. The number of esters is 1. The van der Waals surface area contributed by atoms with Crippen molar-refractivity contribution in [3.63, 3.8) is 0 Å². The van der Waals surface area contributed by atoms with Crippen LogP contribution in [0.5, 0.6) is 5.75 Å². The number of nitrogens with one attached hydrogen (secondary N) is 1. The molecular weight excluding hydrogens is 349 g/mol. The Morgan fingerprint density at radius 3 is 2.19 bits per heavy atom. The molecule has 0 radical (unpaired) electrons. The molecule has 4 bridgehead atoms. The maximum atomic E-state index is 12.8. The molecule has 4 aliphatic rings. The highest BCUT2D eigenvalue weighted by atomic mass is 19.1. The number of rotatable bonds is 7. The van der Waals surface area contributed by atoms with E-state index in [1.807, 2.05) is 0 Å². The van der Waals surface area contributed by atoms with Gasteiger partial charge in [0.05, 0.1) is 0 Å². The maximum Gasteiger partial charge on any atom is 0.325 e. The third-order valence-electron chi connectivity index (χ3n) is 6.34. The van der Waals surface area contributed by atoms with Crippen LogP contribution in [-0.2, 0) is 14.3 Å². The summed E-state index contributed by atoms with van der Waals surface area (Å²) in [6.07, 6.45) is 6.77. The third-order valence-corrected chi connectivity index (χ3v) is 6.34. The van der Waals surface area contributed by atoms with Gasteiger partial charge in [0.2, 0.25) is 5.91 Å². The van der Waals surface area contributed by atoms with Gasteiger partial charge in [0.15, 0.2) is 0 Å². The molecule has 0 aromatic heterocycles. The highest BCUT2D eigenvalue weighted by molar-refractivity contribution is 5.86. The molecule has 6 heteroatoms. The Kier molecular flexibility index (Phi) is 5.06. The summed E-state index contributed by atoms with van der Waals surface area (Å²) in [4.78, 5) is 24.7. The molecule has 1 aromatic rings. The summed E-state index contributed by atoms with van der Waals surface area (Å²) in [5.74, 6) is 1.83. The maximum absolute atomic E-state index is 12.8. The van der Waals surface area contributed by atoms with E-state index in [0.717, 1.165) is 19.3 Å². The van der Waals surface area contributed by atoms with Crippen LogP contribution in [0.4, 0.5) is 4.39 Å². The Balaban J connectivity index is 1.17. The fraction of sp³-hybridized carbons (Fsp3) is 0.619. The molecule has 4 aliphatic carbocycles. The van der Waals surface area contributed by atoms with E-state index in [4.69, 9.17) is 9.47 Å². The smallest absolute Gasteiger partial charge is 0.325 e. The van der Waals surface area contributed by atoms with Crippen LogP contribution in [-0.4, -0.2) is 31.6 Å². The number of amides is 1. The standard InChI is InChI=1S/C21H26FNO4/c22-17-1-3-18(4-2-17)26-5-6-27-19(24)13-23-20(25)21-10-14-7-15(11-21)9-16(8-14)12-21/h1-4,14-16H,5-13H2,(H,23,25). The Morgan fingerprint density at radius 1 is 1.00 bits per heavy atom. The third kappa shape index (κ3) is 4.09. The molecular formula is C21H26FNO4. The largest absolute Gasteiger partial charge is 0.490 e. The first kappa shape index (κ1) is 18.3. The van der Waals surface area contributed by atoms with Gasteiger partial charge in [-0.25, -0.2) is 4.39 Å². The number of benzene rings is 1. The highest BCUT2D eigenvalue weighted by Gasteiger charge is 2.54. The summed E-state index contributed by atoms with van der Waals surface area (Å²) < 4.78 is 23.3. The van der Waals surface area contributed by atoms with Crippen LogP contribution < -0.4 is 10.1 Å². The molecule has 0 spiro atoms. The summed E-state index contributed by atoms with van der Waals surface area (Å²) in [6.45, 7) is 0.168. The second-order valence-electron chi connectivity index (χ2n) is 8.40. The normalized spacial score (nSPS) is 30.8. The predicted octanol–water partition coefficient (Wildman–Crippen LogP) is 3.08. The molecule has 0 unspecified atom stereocenters. The van der Waals surface area contributed by atoms with Gasteiger partial charge in [-0.3, -0.25) is 9.59 Å². The summed E-state index contributed by atoms with van der Waals surface area (Å²) in [5.41, 5.74) is -0.249. The van der Waals surface area contributed by atoms with E-state index in [-0.39, 0.29) is 36.9 Å². The van der Waals surface area contributed by atoms with Crippen LogP contribution in [0, 0.1) is 29.0 Å². The minimum absolute atomic E-state index is 0.0288. The first-order chi connectivity index (χ1) is 13.0. The molecule has 4 saturated carbocycles. The van der Waals surface area contributed by atoms with Crippen molar-refractivity contribution in [2.24, 2.45) is 23.2 Å². The van der Waals surface area contributed by atoms with Crippen LogP contribution in [0.2, 0.25) is 0 Å². The lowest BCUT2D eigenvalue weighted by Gasteiger charge is -2.55. The zero-order valence-corrected chi connectivity index (χ0v) is 15.4. The van der Waals surface area contributed by atoms with E-state index in [1.165, 1.54) is 43.5 Å². The zero-order chi connectivity index (χ0) is 18.9. The molecule has 5 nitrogen and oxygen atoms in total. The van der Waals surface area contributed by atoms with Gasteiger partial charge in [0, 0.05) is 5.41 Å². The fourth-order valence-corrected chi connectivity index (χ4v) is 5.63. The van der Waals surface area contributed by atoms with Gasteiger partial charge in [0.1, 0.15) is 31.3 Å². The average Bonchev–Trinajstić information content (AvgIpc) is 2.63. The Bertz CT molecular complexity index is 667. The Hall–Kier alpha value is -2.11. The molecule has 27 heavy (non-hydrogen) atoms. The molecule has 146 valence electrons. The van der Waals surface area contributed by atoms with Gasteiger partial charge in [-0.1, -0.05) is 0 Å². The number of ether oxygens (including phenoxy) is 2. The van der Waals surface area contributed by atoms with Crippen molar-refractivity contribution >= 4 is 11.9 Å². The minimum Gasteiger partial charge on any atom is -0.490 e. The van der Waals surface area contributed by atoms with E-state index in [2.05, 4.69) is 5.32 Å². The SMILES string of the molecule is O=C(CNC(=O)C12CC3CC(CC(C3)C1)C2)OCCOc1ccc(F)cc1. The molecule has 1 aromatic carbocycles. The van der Waals surface area contributed by atoms with Gasteiger partial charge >= 0.3 is 5.97 Å². The first-order valence-electron chi connectivity index (χ1n) is 9.85. The number of carbonyl (C=O) groups excluding carboxylic acids is 2. The summed E-state index contributed by atoms with van der Waals surface area (Å²) in [7, 11) is 0. The fourth-order valence-electron chi connectivity index (χ4n) is 5.63. The van der Waals surface area contributed by atoms with Crippen molar-refractivity contribution in [2.45, 2.75) is 38.5 Å². The van der Waals surface area contributed by atoms with Crippen LogP contribution in [0.15, 0.2) is 24.3 Å². The topological polar surface area (TPSA) is 64.6 Å². The quantitative estimate of drug-likeness (QED) is 0.588. The number of halogens is 1. The summed E-state index contributed by atoms with van der Waals surface area (Å²) >= 11 is 0. The Morgan fingerprint density at radius 2 is 1.59 bits per heavy atom. The van der Waals surface area contributed by atoms with Gasteiger partial charge < -0.3 is 14.8 Å². The first-order valence-corrected chi connectivity index (χ1v) is 9.85. The summed E-state index contributed by atoms with van der Waals surface area (Å²) in [6, 6.07) is 5.65. The lowest BCUT2D eigenvalue weighted by Crippen LogP contribution is -2.54. The minimum atomic E-state index is -0.462. The van der Waals surface area contributed by atoms with Gasteiger partial charge in [-0.05, 0) is 80.5 Å². The molecule has 0 saturated heterocycles. The number of hydrogen-bond donors (Lipinski definition) is 1. The second-order valence-corrected chi connectivity index (χ2v) is 8.40. The zero-order valence-electron chi connectivity index (χ0n) is 15.4. The van der Waals surface area contributed by atoms with Gasteiger partial charge in [-0.2, -0.15) is 0 Å². The van der Waals surface area contributed by atoms with Gasteiger partial charge in [0.25, 0.3) is 0 Å². The van der Waals surface area contributed by atoms with E-state index in [9.17, 15) is 14.0 Å². The van der Waals surface area contributed by atoms with Crippen molar-refractivity contribution in [3.8, 4) is 5.75 Å². The van der Waals surface area contributed by atoms with E-state index in [0.29, 0.717) is 23.5 Å². The van der Waals surface area contributed by atoms with Crippen LogP contribution in [0.3, 0.4) is 0 Å². The van der Waals surface area contributed by atoms with E-state index in [1.54, 1.807) is 0 Å². The average molecular weight is 375 g/mol. The Labute approximate surface area is 158 Å². The van der Waals surface area contributed by atoms with Crippen molar-refractivity contribution in [1.29, 1.82) is 0 Å². The second kappa shape index (κ2) is 7.49. The molecule has 5 rings (SSSR count). The van der Waals surface area contributed by atoms with Crippen molar-refractivity contribution in [1.82, 2.24) is 5.32 Å².